The summed E-state index contributed by atoms with van der Waals surface area (Å²) >= 11 is 0. The van der Waals surface area contributed by atoms with Gasteiger partial charge < -0.3 is 0 Å². The van der Waals surface area contributed by atoms with Gasteiger partial charge in [0.05, 0.1) is 15.7 Å². The highest BCUT2D eigenvalue weighted by atomic mass is 32.2. The van der Waals surface area contributed by atoms with Crippen LogP contribution in [0.1, 0.15) is 39.3 Å². The van der Waals surface area contributed by atoms with Crippen molar-refractivity contribution < 1.29 is 8.60 Å². The highest BCUT2D eigenvalue weighted by Gasteiger charge is 2.22. The Kier molecular flexibility index (Phi) is 4.21. The van der Waals surface area contributed by atoms with Crippen molar-refractivity contribution in [3.63, 3.8) is 0 Å². The highest BCUT2D eigenvalue weighted by molar-refractivity contribution is 7.84. The van der Waals surface area contributed by atoms with Gasteiger partial charge in [0.1, 0.15) is 5.82 Å². The standard InChI is InChI=1S/C12H18FNOS/c1-9(14-16(15)12(2,3)4)10-7-5-6-8-11(10)13/h5-9,14H,1-4H3/t9-,16-/m1/s1. The molecule has 1 N–H and O–H groups in total. The molecule has 1 aromatic carbocycles. The van der Waals surface area contributed by atoms with E-state index >= 15 is 0 Å². The molecule has 0 saturated carbocycles. The first-order valence-corrected chi connectivity index (χ1v) is 6.40. The van der Waals surface area contributed by atoms with Crippen LogP contribution in [0.4, 0.5) is 4.39 Å². The second-order valence-electron chi connectivity index (χ2n) is 4.74. The Labute approximate surface area is 98.8 Å². The Morgan fingerprint density at radius 3 is 2.38 bits per heavy atom. The molecule has 4 heteroatoms. The molecule has 0 saturated heterocycles. The van der Waals surface area contributed by atoms with Crippen molar-refractivity contribution in [2.45, 2.75) is 38.5 Å². The van der Waals surface area contributed by atoms with E-state index in [-0.39, 0.29) is 16.6 Å². The number of hydrogen-bond donors (Lipinski definition) is 1. The second-order valence-corrected chi connectivity index (χ2v) is 6.74. The number of halogens is 1. The van der Waals surface area contributed by atoms with E-state index in [4.69, 9.17) is 0 Å². The number of benzene rings is 1. The van der Waals surface area contributed by atoms with Crippen molar-refractivity contribution in [2.75, 3.05) is 0 Å². The monoisotopic (exact) mass is 243 g/mol. The van der Waals surface area contributed by atoms with Gasteiger partial charge in [0.15, 0.2) is 0 Å². The molecule has 0 amide bonds. The fraction of sp³-hybridized carbons (Fsp3) is 0.500. The largest absolute Gasteiger partial charge is 0.242 e. The lowest BCUT2D eigenvalue weighted by Crippen LogP contribution is -2.35. The highest BCUT2D eigenvalue weighted by Crippen LogP contribution is 2.19. The first-order valence-electron chi connectivity index (χ1n) is 5.25. The summed E-state index contributed by atoms with van der Waals surface area (Å²) in [7, 11) is -1.19. The van der Waals surface area contributed by atoms with Gasteiger partial charge in [0.25, 0.3) is 0 Å². The Bertz CT molecular complexity index is 387. The molecule has 0 aliphatic carbocycles. The van der Waals surface area contributed by atoms with Gasteiger partial charge in [0, 0.05) is 11.6 Å². The molecule has 0 aliphatic heterocycles. The maximum atomic E-state index is 13.4. The molecule has 90 valence electrons. The summed E-state index contributed by atoms with van der Waals surface area (Å²) in [6.45, 7) is 7.45. The summed E-state index contributed by atoms with van der Waals surface area (Å²) in [4.78, 5) is 0. The van der Waals surface area contributed by atoms with Gasteiger partial charge in [-0.2, -0.15) is 0 Å². The van der Waals surface area contributed by atoms with E-state index in [1.165, 1.54) is 6.07 Å². The van der Waals surface area contributed by atoms with Crippen LogP contribution in [0.2, 0.25) is 0 Å². The fourth-order valence-corrected chi connectivity index (χ4v) is 2.03. The van der Waals surface area contributed by atoms with Gasteiger partial charge in [0.2, 0.25) is 0 Å². The zero-order chi connectivity index (χ0) is 12.3. The van der Waals surface area contributed by atoms with Crippen LogP contribution in [-0.2, 0) is 11.0 Å². The molecular formula is C12H18FNOS. The van der Waals surface area contributed by atoms with E-state index in [1.807, 2.05) is 27.7 Å². The summed E-state index contributed by atoms with van der Waals surface area (Å²) in [5.41, 5.74) is 0.542. The fourth-order valence-electron chi connectivity index (χ4n) is 1.23. The molecule has 2 nitrogen and oxygen atoms in total. The smallest absolute Gasteiger partial charge is 0.127 e. The average molecular weight is 243 g/mol. The van der Waals surface area contributed by atoms with E-state index < -0.39 is 11.0 Å². The quantitative estimate of drug-likeness (QED) is 0.869. The molecular weight excluding hydrogens is 225 g/mol. The molecule has 0 fully saturated rings. The zero-order valence-corrected chi connectivity index (χ0v) is 10.9. The van der Waals surface area contributed by atoms with E-state index in [9.17, 15) is 8.60 Å². The van der Waals surface area contributed by atoms with E-state index in [0.29, 0.717) is 5.56 Å². The van der Waals surface area contributed by atoms with Crippen LogP contribution >= 0.6 is 0 Å². The average Bonchev–Trinajstić information content (AvgIpc) is 2.16. The molecule has 1 aromatic rings. The van der Waals surface area contributed by atoms with E-state index in [1.54, 1.807) is 18.2 Å². The van der Waals surface area contributed by atoms with Gasteiger partial charge in [-0.25, -0.2) is 13.3 Å². The van der Waals surface area contributed by atoms with Gasteiger partial charge in [-0.1, -0.05) is 18.2 Å². The minimum absolute atomic E-state index is 0.263. The van der Waals surface area contributed by atoms with E-state index in [0.717, 1.165) is 0 Å². The third-order valence-electron chi connectivity index (χ3n) is 2.21. The van der Waals surface area contributed by atoms with Crippen molar-refractivity contribution in [3.8, 4) is 0 Å². The second kappa shape index (κ2) is 5.06. The number of hydrogen-bond acceptors (Lipinski definition) is 1. The van der Waals surface area contributed by atoms with Gasteiger partial charge >= 0.3 is 0 Å². The number of nitrogens with one attached hydrogen (secondary N) is 1. The molecule has 0 bridgehead atoms. The van der Waals surface area contributed by atoms with Crippen molar-refractivity contribution in [2.24, 2.45) is 0 Å². The lowest BCUT2D eigenvalue weighted by atomic mass is 10.1. The third kappa shape index (κ3) is 3.39. The molecule has 0 heterocycles. The predicted octanol–water partition coefficient (Wildman–Crippen LogP) is 2.94. The van der Waals surface area contributed by atoms with Crippen LogP contribution in [0, 0.1) is 5.82 Å². The van der Waals surface area contributed by atoms with Gasteiger partial charge in [-0.3, -0.25) is 0 Å². The maximum Gasteiger partial charge on any atom is 0.127 e. The molecule has 16 heavy (non-hydrogen) atoms. The molecule has 0 aliphatic rings. The van der Waals surface area contributed by atoms with Crippen molar-refractivity contribution in [1.82, 2.24) is 4.72 Å². The molecule has 0 unspecified atom stereocenters. The summed E-state index contributed by atoms with van der Waals surface area (Å²) < 4.78 is 27.8. The Morgan fingerprint density at radius 2 is 1.88 bits per heavy atom. The Balaban J connectivity index is 2.78. The zero-order valence-electron chi connectivity index (χ0n) is 10.1. The summed E-state index contributed by atoms with van der Waals surface area (Å²) in [5, 5.41) is 0. The Morgan fingerprint density at radius 1 is 1.31 bits per heavy atom. The summed E-state index contributed by atoms with van der Waals surface area (Å²) in [6.07, 6.45) is 0. The normalized spacial score (nSPS) is 15.8. The van der Waals surface area contributed by atoms with Crippen LogP contribution in [0.15, 0.2) is 24.3 Å². The lowest BCUT2D eigenvalue weighted by Gasteiger charge is -2.22. The van der Waals surface area contributed by atoms with E-state index in [2.05, 4.69) is 4.72 Å². The minimum Gasteiger partial charge on any atom is -0.242 e. The molecule has 1 rings (SSSR count). The SMILES string of the molecule is C[C@@H](N[S@](=O)C(C)(C)C)c1ccccc1F. The van der Waals surface area contributed by atoms with Crippen LogP contribution in [0.5, 0.6) is 0 Å². The first kappa shape index (κ1) is 13.3. The number of rotatable bonds is 3. The molecule has 0 spiro atoms. The predicted molar refractivity (Wildman–Crippen MR) is 65.8 cm³/mol. The minimum atomic E-state index is -1.19. The topological polar surface area (TPSA) is 29.1 Å². The maximum absolute atomic E-state index is 13.4. The lowest BCUT2D eigenvalue weighted by molar-refractivity contribution is 0.572. The van der Waals surface area contributed by atoms with Crippen LogP contribution in [-0.4, -0.2) is 8.96 Å². The van der Waals surface area contributed by atoms with Crippen LogP contribution < -0.4 is 4.72 Å². The first-order chi connectivity index (χ1) is 7.32. The van der Waals surface area contributed by atoms with Crippen LogP contribution in [0.3, 0.4) is 0 Å². The summed E-state index contributed by atoms with van der Waals surface area (Å²) in [5.74, 6) is -0.270. The molecule has 2 atom stereocenters. The Hall–Kier alpha value is -0.740. The summed E-state index contributed by atoms with van der Waals surface area (Å²) in [6, 6.07) is 6.27. The molecule has 0 aromatic heterocycles. The van der Waals surface area contributed by atoms with Crippen LogP contribution in [0.25, 0.3) is 0 Å². The third-order valence-corrected chi connectivity index (χ3v) is 3.89. The van der Waals surface area contributed by atoms with Crippen molar-refractivity contribution in [1.29, 1.82) is 0 Å². The van der Waals surface area contributed by atoms with Crippen molar-refractivity contribution >= 4 is 11.0 Å². The molecule has 0 radical (unpaired) electrons. The van der Waals surface area contributed by atoms with Crippen molar-refractivity contribution in [3.05, 3.63) is 35.6 Å². The van der Waals surface area contributed by atoms with Gasteiger partial charge in [-0.15, -0.1) is 0 Å². The van der Waals surface area contributed by atoms with Gasteiger partial charge in [-0.05, 0) is 33.8 Å².